The fourth-order valence-electron chi connectivity index (χ4n) is 4.70. The molecule has 0 radical (unpaired) electrons. The van der Waals surface area contributed by atoms with E-state index in [2.05, 4.69) is 6.07 Å². The molecule has 1 aliphatic carbocycles. The van der Waals surface area contributed by atoms with Crippen LogP contribution in [0, 0.1) is 17.1 Å². The Bertz CT molecular complexity index is 1300. The zero-order valence-corrected chi connectivity index (χ0v) is 19.3. The van der Waals surface area contributed by atoms with Gasteiger partial charge in [0.25, 0.3) is 0 Å². The molecule has 0 fully saturated rings. The molecular formula is C28H24FNO5. The van der Waals surface area contributed by atoms with Gasteiger partial charge in [0, 0.05) is 28.7 Å². The third-order valence-electron chi connectivity index (χ3n) is 6.46. The monoisotopic (exact) mass is 473 g/mol. The number of hydrogen-bond donors (Lipinski definition) is 0. The molecular weight excluding hydrogens is 449 g/mol. The van der Waals surface area contributed by atoms with Gasteiger partial charge in [-0.2, -0.15) is 5.26 Å². The predicted octanol–water partition coefficient (Wildman–Crippen LogP) is 5.79. The number of hydrogen-bond acceptors (Lipinski definition) is 6. The number of carbonyl (C=O) groups is 1. The zero-order chi connectivity index (χ0) is 24.4. The van der Waals surface area contributed by atoms with Crippen LogP contribution < -0.4 is 14.2 Å². The van der Waals surface area contributed by atoms with Crippen LogP contribution >= 0.6 is 0 Å². The first-order valence-corrected chi connectivity index (χ1v) is 11.5. The molecule has 0 N–H and O–H groups in total. The minimum absolute atomic E-state index is 0.0511. The molecule has 1 aliphatic heterocycles. The van der Waals surface area contributed by atoms with Crippen LogP contribution in [0.15, 0.2) is 54.6 Å². The summed E-state index contributed by atoms with van der Waals surface area (Å²) in [6.45, 7) is 0.410. The van der Waals surface area contributed by atoms with Crippen LogP contribution in [0.3, 0.4) is 0 Å². The highest BCUT2D eigenvalue weighted by Gasteiger charge is 2.32. The summed E-state index contributed by atoms with van der Waals surface area (Å²) in [7, 11) is 1.37. The molecule has 2 aliphatic rings. The summed E-state index contributed by atoms with van der Waals surface area (Å²) in [5, 5.41) is 8.83. The highest BCUT2D eigenvalue weighted by Crippen LogP contribution is 2.44. The maximum absolute atomic E-state index is 14.9. The molecule has 0 bridgehead atoms. The number of nitriles is 1. The molecule has 0 unspecified atom stereocenters. The van der Waals surface area contributed by atoms with E-state index in [1.807, 2.05) is 36.4 Å². The average Bonchev–Trinajstić information content (AvgIpc) is 3.47. The van der Waals surface area contributed by atoms with Gasteiger partial charge in [-0.3, -0.25) is 4.79 Å². The first-order chi connectivity index (χ1) is 17.1. The lowest BCUT2D eigenvalue weighted by molar-refractivity contribution is -0.141. The summed E-state index contributed by atoms with van der Waals surface area (Å²) in [6.07, 6.45) is 1.40. The smallest absolute Gasteiger partial charge is 0.306 e. The van der Waals surface area contributed by atoms with Crippen molar-refractivity contribution in [3.05, 3.63) is 82.7 Å². The molecule has 3 aromatic carbocycles. The molecule has 178 valence electrons. The fourth-order valence-corrected chi connectivity index (χ4v) is 4.70. The molecule has 2 atom stereocenters. The van der Waals surface area contributed by atoms with E-state index in [1.54, 1.807) is 12.1 Å². The Hall–Kier alpha value is -4.05. The summed E-state index contributed by atoms with van der Waals surface area (Å²) in [4.78, 5) is 11.6. The van der Waals surface area contributed by atoms with Crippen LogP contribution in [-0.4, -0.2) is 19.7 Å². The van der Waals surface area contributed by atoms with Gasteiger partial charge in [-0.05, 0) is 48.7 Å². The van der Waals surface area contributed by atoms with Gasteiger partial charge in [-0.15, -0.1) is 0 Å². The fraction of sp³-hybridized carbons (Fsp3) is 0.286. The second-order valence-electron chi connectivity index (χ2n) is 8.65. The first-order valence-electron chi connectivity index (χ1n) is 11.5. The number of halogens is 1. The summed E-state index contributed by atoms with van der Waals surface area (Å²) in [5.74, 6) is 1.83. The number of carbonyl (C=O) groups excluding carboxylic acids is 1. The van der Waals surface area contributed by atoms with Gasteiger partial charge >= 0.3 is 5.97 Å². The lowest BCUT2D eigenvalue weighted by Gasteiger charge is -2.17. The van der Waals surface area contributed by atoms with E-state index in [4.69, 9.17) is 24.2 Å². The Morgan fingerprint density at radius 1 is 1.14 bits per heavy atom. The number of benzene rings is 3. The number of ether oxygens (including phenoxy) is 4. The molecule has 5 rings (SSSR count). The van der Waals surface area contributed by atoms with Crippen molar-refractivity contribution in [3.63, 3.8) is 0 Å². The number of rotatable bonds is 7. The van der Waals surface area contributed by atoms with Crippen molar-refractivity contribution in [1.82, 2.24) is 0 Å². The van der Waals surface area contributed by atoms with E-state index in [0.717, 1.165) is 16.7 Å². The van der Waals surface area contributed by atoms with Crippen LogP contribution in [0.1, 0.15) is 47.1 Å². The molecule has 1 heterocycles. The van der Waals surface area contributed by atoms with Crippen molar-refractivity contribution in [2.75, 3.05) is 13.7 Å². The van der Waals surface area contributed by atoms with Crippen LogP contribution in [0.25, 0.3) is 0 Å². The highest BCUT2D eigenvalue weighted by molar-refractivity contribution is 5.71. The Morgan fingerprint density at radius 2 is 1.94 bits per heavy atom. The van der Waals surface area contributed by atoms with E-state index < -0.39 is 6.10 Å². The van der Waals surface area contributed by atoms with Gasteiger partial charge < -0.3 is 18.9 Å². The first kappa shape index (κ1) is 22.7. The summed E-state index contributed by atoms with van der Waals surface area (Å²) in [5.41, 5.74) is 3.16. The molecule has 0 saturated heterocycles. The predicted molar refractivity (Wildman–Crippen MR) is 125 cm³/mol. The topological polar surface area (TPSA) is 77.8 Å². The van der Waals surface area contributed by atoms with Crippen molar-refractivity contribution in [1.29, 1.82) is 5.26 Å². The maximum Gasteiger partial charge on any atom is 0.306 e. The Balaban J connectivity index is 1.33. The van der Waals surface area contributed by atoms with Crippen molar-refractivity contribution in [2.45, 2.75) is 37.7 Å². The molecule has 0 amide bonds. The Labute approximate surface area is 202 Å². The molecule has 35 heavy (non-hydrogen) atoms. The Morgan fingerprint density at radius 3 is 2.71 bits per heavy atom. The normalized spacial score (nSPS) is 17.6. The van der Waals surface area contributed by atoms with E-state index >= 15 is 0 Å². The van der Waals surface area contributed by atoms with E-state index in [-0.39, 0.29) is 24.1 Å². The van der Waals surface area contributed by atoms with Gasteiger partial charge in [0.2, 0.25) is 0 Å². The minimum Gasteiger partial charge on any atom is -0.492 e. The number of methoxy groups -OCH3 is 1. The van der Waals surface area contributed by atoms with Crippen molar-refractivity contribution >= 4 is 5.97 Å². The molecule has 6 nitrogen and oxygen atoms in total. The second kappa shape index (κ2) is 9.67. The van der Waals surface area contributed by atoms with Gasteiger partial charge in [0.05, 0.1) is 32.6 Å². The van der Waals surface area contributed by atoms with Gasteiger partial charge in [-0.25, -0.2) is 4.39 Å². The number of fused-ring (bicyclic) bond motifs is 2. The third-order valence-corrected chi connectivity index (χ3v) is 6.46. The summed E-state index contributed by atoms with van der Waals surface area (Å²) < 4.78 is 37.7. The van der Waals surface area contributed by atoms with Crippen LogP contribution in [0.4, 0.5) is 4.39 Å². The zero-order valence-electron chi connectivity index (χ0n) is 19.3. The lowest BCUT2D eigenvalue weighted by Crippen LogP contribution is -2.09. The maximum atomic E-state index is 14.9. The van der Waals surface area contributed by atoms with Crippen LogP contribution in [-0.2, 0) is 22.4 Å². The standard InChI is InChI=1S/C28H24FNO5/c1-32-27(31)14-18-16-33-26-15-20(6-7-21(18)26)35-25-10-8-22-24(11-9-23(29)28(22)25)34-19-4-2-17(3-5-19)12-13-30/h2-7,9,11,15,18,25H,8,10,12,14,16H2,1H3/t18-,25-/m1/s1. The van der Waals surface area contributed by atoms with Crippen molar-refractivity contribution < 1.29 is 28.1 Å². The van der Waals surface area contributed by atoms with E-state index in [9.17, 15) is 9.18 Å². The second-order valence-corrected chi connectivity index (χ2v) is 8.65. The SMILES string of the molecule is COC(=O)C[C@@H]1COc2cc(O[C@@H]3CCc4c(Oc5ccc(CC#N)cc5)ccc(F)c43)ccc21. The lowest BCUT2D eigenvalue weighted by atomic mass is 9.98. The average molecular weight is 474 g/mol. The van der Waals surface area contributed by atoms with Gasteiger partial charge in [-0.1, -0.05) is 18.2 Å². The minimum atomic E-state index is -0.447. The molecule has 7 heteroatoms. The van der Waals surface area contributed by atoms with Crippen LogP contribution in [0.5, 0.6) is 23.0 Å². The van der Waals surface area contributed by atoms with E-state index in [1.165, 1.54) is 13.2 Å². The summed E-state index contributed by atoms with van der Waals surface area (Å²) >= 11 is 0. The van der Waals surface area contributed by atoms with Crippen LogP contribution in [0.2, 0.25) is 0 Å². The third kappa shape index (κ3) is 4.65. The molecule has 0 aromatic heterocycles. The van der Waals surface area contributed by atoms with Crippen molar-refractivity contribution in [3.8, 4) is 29.1 Å². The number of esters is 1. The number of nitrogens with zero attached hydrogens (tertiary/aromatic N) is 1. The highest BCUT2D eigenvalue weighted by atomic mass is 19.1. The molecule has 3 aromatic rings. The summed E-state index contributed by atoms with van der Waals surface area (Å²) in [6, 6.07) is 18.0. The largest absolute Gasteiger partial charge is 0.492 e. The Kier molecular flexibility index (Phi) is 6.28. The van der Waals surface area contributed by atoms with Gasteiger partial charge in [0.1, 0.15) is 34.9 Å². The molecule has 0 saturated carbocycles. The van der Waals surface area contributed by atoms with E-state index in [0.29, 0.717) is 54.4 Å². The van der Waals surface area contributed by atoms with Crippen molar-refractivity contribution in [2.24, 2.45) is 0 Å². The quantitative estimate of drug-likeness (QED) is 0.404. The van der Waals surface area contributed by atoms with Gasteiger partial charge in [0.15, 0.2) is 0 Å². The molecule has 0 spiro atoms.